The van der Waals surface area contributed by atoms with E-state index >= 15 is 0 Å². The first-order valence-corrected chi connectivity index (χ1v) is 7.42. The van der Waals surface area contributed by atoms with Crippen molar-refractivity contribution in [3.05, 3.63) is 16.6 Å². The Hall–Kier alpha value is -0.980. The van der Waals surface area contributed by atoms with Gasteiger partial charge in [-0.2, -0.15) is 0 Å². The Labute approximate surface area is 140 Å². The molecule has 0 fully saturated rings. The Morgan fingerprint density at radius 3 is 2.29 bits per heavy atom. The maximum atomic E-state index is 11.9. The summed E-state index contributed by atoms with van der Waals surface area (Å²) >= 11 is 3.42. The average molecular weight is 382 g/mol. The minimum absolute atomic E-state index is 0. The smallest absolute Gasteiger partial charge is 0.228 e. The van der Waals surface area contributed by atoms with Crippen LogP contribution in [0.25, 0.3) is 0 Å². The quantitative estimate of drug-likeness (QED) is 0.760. The van der Waals surface area contributed by atoms with Gasteiger partial charge in [-0.25, -0.2) is 0 Å². The van der Waals surface area contributed by atoms with E-state index in [1.807, 2.05) is 13.8 Å². The van der Waals surface area contributed by atoms with Gasteiger partial charge in [0.15, 0.2) is 11.5 Å². The van der Waals surface area contributed by atoms with E-state index in [9.17, 15) is 4.79 Å². The number of nitrogens with two attached hydrogens (primary N) is 1. The summed E-state index contributed by atoms with van der Waals surface area (Å²) in [7, 11) is 0. The fourth-order valence-electron chi connectivity index (χ4n) is 1.53. The third kappa shape index (κ3) is 5.73. The standard InChI is InChI=1S/C14H21BrN2O3.ClH/c1-4-19-12-6-10(15)11(7-13(12)20-5-2)17-14(18)9(3)8-16;/h6-7,9H,4-5,8,16H2,1-3H3,(H,17,18);1H. The number of anilines is 1. The first-order valence-electron chi connectivity index (χ1n) is 6.63. The van der Waals surface area contributed by atoms with Gasteiger partial charge in [0, 0.05) is 29.1 Å². The Bertz CT molecular complexity index is 472. The predicted octanol–water partition coefficient (Wildman–Crippen LogP) is 3.20. The lowest BCUT2D eigenvalue weighted by Crippen LogP contribution is -2.26. The maximum Gasteiger partial charge on any atom is 0.228 e. The van der Waals surface area contributed by atoms with Gasteiger partial charge < -0.3 is 20.5 Å². The van der Waals surface area contributed by atoms with Crippen LogP contribution in [-0.2, 0) is 4.79 Å². The minimum Gasteiger partial charge on any atom is -0.490 e. The number of amides is 1. The van der Waals surface area contributed by atoms with Gasteiger partial charge >= 0.3 is 0 Å². The summed E-state index contributed by atoms with van der Waals surface area (Å²) in [5.74, 6) is 0.878. The van der Waals surface area contributed by atoms with E-state index < -0.39 is 0 Å². The molecule has 5 nitrogen and oxygen atoms in total. The monoisotopic (exact) mass is 380 g/mol. The van der Waals surface area contributed by atoms with E-state index in [1.165, 1.54) is 0 Å². The van der Waals surface area contributed by atoms with Gasteiger partial charge in [-0.3, -0.25) is 4.79 Å². The van der Waals surface area contributed by atoms with E-state index in [0.29, 0.717) is 36.9 Å². The molecule has 1 rings (SSSR count). The lowest BCUT2D eigenvalue weighted by Gasteiger charge is -2.16. The van der Waals surface area contributed by atoms with Gasteiger partial charge in [0.1, 0.15) is 0 Å². The van der Waals surface area contributed by atoms with Crippen LogP contribution in [-0.4, -0.2) is 25.7 Å². The summed E-state index contributed by atoms with van der Waals surface area (Å²) in [6.07, 6.45) is 0. The number of ether oxygens (including phenoxy) is 2. The summed E-state index contributed by atoms with van der Waals surface area (Å²) in [6, 6.07) is 3.54. The first kappa shape index (κ1) is 20.0. The van der Waals surface area contributed by atoms with Gasteiger partial charge in [-0.1, -0.05) is 6.92 Å². The lowest BCUT2D eigenvalue weighted by molar-refractivity contribution is -0.119. The number of nitrogens with one attached hydrogen (secondary N) is 1. The molecule has 0 spiro atoms. The molecule has 7 heteroatoms. The van der Waals surface area contributed by atoms with E-state index in [-0.39, 0.29) is 24.2 Å². The summed E-state index contributed by atoms with van der Waals surface area (Å²) in [4.78, 5) is 11.9. The van der Waals surface area contributed by atoms with Crippen LogP contribution in [0.3, 0.4) is 0 Å². The van der Waals surface area contributed by atoms with Crippen molar-refractivity contribution in [3.63, 3.8) is 0 Å². The molecule has 1 amide bonds. The molecule has 0 heterocycles. The number of halogens is 2. The topological polar surface area (TPSA) is 73.6 Å². The number of hydrogen-bond acceptors (Lipinski definition) is 4. The van der Waals surface area contributed by atoms with Crippen molar-refractivity contribution >= 4 is 39.9 Å². The molecule has 21 heavy (non-hydrogen) atoms. The second kappa shape index (κ2) is 9.87. The van der Waals surface area contributed by atoms with Gasteiger partial charge in [-0.05, 0) is 29.8 Å². The van der Waals surface area contributed by atoms with Crippen molar-refractivity contribution in [1.82, 2.24) is 0 Å². The van der Waals surface area contributed by atoms with Crippen LogP contribution in [0.5, 0.6) is 11.5 Å². The third-order valence-corrected chi connectivity index (χ3v) is 3.35. The van der Waals surface area contributed by atoms with Crippen LogP contribution >= 0.6 is 28.3 Å². The Kier molecular flexibility index (Phi) is 9.41. The van der Waals surface area contributed by atoms with Crippen LogP contribution in [0.1, 0.15) is 20.8 Å². The van der Waals surface area contributed by atoms with Crippen molar-refractivity contribution < 1.29 is 14.3 Å². The molecule has 0 aliphatic rings. The summed E-state index contributed by atoms with van der Waals surface area (Å²) in [5.41, 5.74) is 6.13. The number of rotatable bonds is 7. The molecule has 0 aliphatic carbocycles. The lowest BCUT2D eigenvalue weighted by atomic mass is 10.1. The zero-order valence-corrected chi connectivity index (χ0v) is 14.8. The summed E-state index contributed by atoms with van der Waals surface area (Å²) < 4.78 is 11.8. The molecule has 3 N–H and O–H groups in total. The number of benzene rings is 1. The Balaban J connectivity index is 0.00000400. The molecular weight excluding hydrogens is 360 g/mol. The molecule has 1 aromatic carbocycles. The second-order valence-corrected chi connectivity index (χ2v) is 5.13. The van der Waals surface area contributed by atoms with Crippen molar-refractivity contribution in [1.29, 1.82) is 0 Å². The van der Waals surface area contributed by atoms with Crippen molar-refractivity contribution in [2.75, 3.05) is 25.1 Å². The van der Waals surface area contributed by atoms with Crippen LogP contribution < -0.4 is 20.5 Å². The molecule has 0 saturated heterocycles. The highest BCUT2D eigenvalue weighted by Gasteiger charge is 2.15. The number of hydrogen-bond donors (Lipinski definition) is 2. The normalized spacial score (nSPS) is 11.3. The van der Waals surface area contributed by atoms with Crippen molar-refractivity contribution in [2.45, 2.75) is 20.8 Å². The van der Waals surface area contributed by atoms with E-state index in [4.69, 9.17) is 15.2 Å². The zero-order chi connectivity index (χ0) is 15.1. The van der Waals surface area contributed by atoms with E-state index in [1.54, 1.807) is 19.1 Å². The fraction of sp³-hybridized carbons (Fsp3) is 0.500. The maximum absolute atomic E-state index is 11.9. The molecular formula is C14H22BrClN2O3. The molecule has 1 unspecified atom stereocenters. The van der Waals surface area contributed by atoms with Gasteiger partial charge in [-0.15, -0.1) is 12.4 Å². The van der Waals surface area contributed by atoms with Crippen LogP contribution in [0.4, 0.5) is 5.69 Å². The van der Waals surface area contributed by atoms with Crippen molar-refractivity contribution in [3.8, 4) is 11.5 Å². The largest absolute Gasteiger partial charge is 0.490 e. The molecule has 0 aromatic heterocycles. The van der Waals surface area contributed by atoms with E-state index in [0.717, 1.165) is 4.47 Å². The van der Waals surface area contributed by atoms with Crippen molar-refractivity contribution in [2.24, 2.45) is 11.7 Å². The molecule has 0 bridgehead atoms. The van der Waals surface area contributed by atoms with Gasteiger partial charge in [0.05, 0.1) is 18.9 Å². The number of carbonyl (C=O) groups is 1. The molecule has 120 valence electrons. The van der Waals surface area contributed by atoms with Gasteiger partial charge in [0.2, 0.25) is 5.91 Å². The SMILES string of the molecule is CCOc1cc(Br)c(NC(=O)C(C)CN)cc1OCC.Cl. The molecule has 1 aromatic rings. The van der Waals surface area contributed by atoms with Crippen LogP contribution in [0, 0.1) is 5.92 Å². The zero-order valence-electron chi connectivity index (χ0n) is 12.4. The Morgan fingerprint density at radius 2 is 1.81 bits per heavy atom. The third-order valence-electron chi connectivity index (χ3n) is 2.69. The van der Waals surface area contributed by atoms with Crippen LogP contribution in [0.15, 0.2) is 16.6 Å². The minimum atomic E-state index is -0.246. The highest BCUT2D eigenvalue weighted by Crippen LogP contribution is 2.36. The highest BCUT2D eigenvalue weighted by atomic mass is 79.9. The molecule has 1 atom stereocenters. The fourth-order valence-corrected chi connectivity index (χ4v) is 1.95. The predicted molar refractivity (Wildman–Crippen MR) is 90.6 cm³/mol. The molecule has 0 saturated carbocycles. The molecule has 0 radical (unpaired) electrons. The summed E-state index contributed by atoms with van der Waals surface area (Å²) in [6.45, 7) is 6.95. The Morgan fingerprint density at radius 1 is 1.29 bits per heavy atom. The van der Waals surface area contributed by atoms with E-state index in [2.05, 4.69) is 21.2 Å². The molecule has 0 aliphatic heterocycles. The van der Waals surface area contributed by atoms with Gasteiger partial charge in [0.25, 0.3) is 0 Å². The first-order chi connectivity index (χ1) is 9.53. The van der Waals surface area contributed by atoms with Crippen LogP contribution in [0.2, 0.25) is 0 Å². The summed E-state index contributed by atoms with van der Waals surface area (Å²) in [5, 5.41) is 2.83. The number of carbonyl (C=O) groups excluding carboxylic acids is 1. The average Bonchev–Trinajstić information content (AvgIpc) is 2.43. The second-order valence-electron chi connectivity index (χ2n) is 4.27. The highest BCUT2D eigenvalue weighted by molar-refractivity contribution is 9.10.